The first kappa shape index (κ1) is 12.3. The number of para-hydroxylation sites is 1. The van der Waals surface area contributed by atoms with Gasteiger partial charge in [0, 0.05) is 23.5 Å². The zero-order valence-corrected chi connectivity index (χ0v) is 7.79. The number of nitrogens with two attached hydrogens (primary N) is 1. The van der Waals surface area contributed by atoms with Gasteiger partial charge in [0.1, 0.15) is 0 Å². The average Bonchev–Trinajstić information content (AvgIpc) is 2.58. The average molecular weight is 212 g/mol. The van der Waals surface area contributed by atoms with Gasteiger partial charge in [-0.3, -0.25) is 4.79 Å². The van der Waals surface area contributed by atoms with E-state index in [2.05, 4.69) is 4.98 Å². The van der Waals surface area contributed by atoms with Gasteiger partial charge in [0.05, 0.1) is 0 Å². The summed E-state index contributed by atoms with van der Waals surface area (Å²) in [5.41, 5.74) is 7.36. The fourth-order valence-corrected chi connectivity index (χ4v) is 1.60. The number of amides is 1. The summed E-state index contributed by atoms with van der Waals surface area (Å²) in [6.45, 7) is 0. The molecule has 0 bridgehead atoms. The van der Waals surface area contributed by atoms with E-state index in [-0.39, 0.29) is 35.5 Å². The molecule has 0 aliphatic heterocycles. The fourth-order valence-electron chi connectivity index (χ4n) is 1.60. The zero-order valence-electron chi connectivity index (χ0n) is 7.79. The van der Waals surface area contributed by atoms with Crippen molar-refractivity contribution in [2.45, 2.75) is 12.8 Å². The van der Waals surface area contributed by atoms with Crippen LogP contribution >= 0.6 is 0 Å². The van der Waals surface area contributed by atoms with Gasteiger partial charge < -0.3 is 10.7 Å². The first-order chi connectivity index (χ1) is 6.77. The zero-order chi connectivity index (χ0) is 9.97. The normalized spacial score (nSPS) is 9.87. The van der Waals surface area contributed by atoms with Crippen LogP contribution in [-0.2, 0) is 11.2 Å². The Morgan fingerprint density at radius 1 is 1.33 bits per heavy atom. The van der Waals surface area contributed by atoms with E-state index in [4.69, 9.17) is 5.73 Å². The second-order valence-corrected chi connectivity index (χ2v) is 3.33. The Labute approximate surface area is 110 Å². The molecule has 74 valence electrons. The van der Waals surface area contributed by atoms with Crippen molar-refractivity contribution in [1.29, 1.82) is 0 Å². The molecule has 0 atom stereocenters. The molecule has 2 rings (SSSR count). The fraction of sp³-hybridized carbons (Fsp3) is 0.182. The van der Waals surface area contributed by atoms with Crippen LogP contribution in [0, 0.1) is 0 Å². The molecule has 0 spiro atoms. The van der Waals surface area contributed by atoms with Crippen LogP contribution in [0.5, 0.6) is 0 Å². The summed E-state index contributed by atoms with van der Waals surface area (Å²) in [6.07, 6.45) is 3.05. The molecule has 1 aromatic heterocycles. The Kier molecular flexibility index (Phi) is 4.39. The van der Waals surface area contributed by atoms with Gasteiger partial charge >= 0.3 is 29.6 Å². The number of rotatable bonds is 3. The molecule has 0 radical (unpaired) electrons. The van der Waals surface area contributed by atoms with Crippen LogP contribution in [0.15, 0.2) is 30.5 Å². The molecule has 1 heterocycles. The molecule has 1 amide bonds. The minimum absolute atomic E-state index is 0. The molecule has 0 fully saturated rings. The quantitative estimate of drug-likeness (QED) is 0.731. The number of aromatic nitrogens is 1. The molecule has 0 aliphatic rings. The number of carbonyl (C=O) groups excluding carboxylic acids is 1. The summed E-state index contributed by atoms with van der Waals surface area (Å²) in [7, 11) is 0. The predicted molar refractivity (Wildman–Crippen MR) is 63.0 cm³/mol. The molecule has 0 aliphatic carbocycles. The monoisotopic (exact) mass is 212 g/mol. The van der Waals surface area contributed by atoms with Gasteiger partial charge in [-0.25, -0.2) is 0 Å². The number of aryl methyl sites for hydroxylation is 1. The molecular weight excluding hydrogens is 199 g/mol. The van der Waals surface area contributed by atoms with Crippen LogP contribution in [0.2, 0.25) is 0 Å². The van der Waals surface area contributed by atoms with E-state index >= 15 is 0 Å². The van der Waals surface area contributed by atoms with E-state index in [1.807, 2.05) is 30.5 Å². The topological polar surface area (TPSA) is 58.9 Å². The van der Waals surface area contributed by atoms with Crippen molar-refractivity contribution in [3.63, 3.8) is 0 Å². The maximum absolute atomic E-state index is 10.6. The summed E-state index contributed by atoms with van der Waals surface area (Å²) < 4.78 is 0. The SMILES string of the molecule is NC(=O)CCc1c[nH]c2ccccc12.[NaH]. The van der Waals surface area contributed by atoms with E-state index in [1.54, 1.807) is 0 Å². The number of hydrogen-bond acceptors (Lipinski definition) is 1. The Morgan fingerprint density at radius 2 is 2.07 bits per heavy atom. The van der Waals surface area contributed by atoms with Crippen LogP contribution in [0.1, 0.15) is 12.0 Å². The van der Waals surface area contributed by atoms with E-state index in [9.17, 15) is 4.79 Å². The first-order valence-corrected chi connectivity index (χ1v) is 4.60. The summed E-state index contributed by atoms with van der Waals surface area (Å²) >= 11 is 0. The molecule has 1 aromatic carbocycles. The van der Waals surface area contributed by atoms with Crippen LogP contribution in [0.25, 0.3) is 10.9 Å². The van der Waals surface area contributed by atoms with Gasteiger partial charge in [-0.05, 0) is 18.1 Å². The van der Waals surface area contributed by atoms with Gasteiger partial charge in [0.25, 0.3) is 0 Å². The van der Waals surface area contributed by atoms with Gasteiger partial charge in [-0.2, -0.15) is 0 Å². The Hall–Kier alpha value is -0.770. The number of aromatic amines is 1. The van der Waals surface area contributed by atoms with Crippen molar-refractivity contribution in [3.05, 3.63) is 36.0 Å². The number of nitrogens with one attached hydrogen (secondary N) is 1. The standard InChI is InChI=1S/C11H12N2O.Na.H/c12-11(14)6-5-8-7-13-10-4-2-1-3-9(8)10;;/h1-4,7,13H,5-6H2,(H2,12,14);;. The second kappa shape index (κ2) is 5.35. The van der Waals surface area contributed by atoms with Crippen LogP contribution in [-0.4, -0.2) is 40.4 Å². The van der Waals surface area contributed by atoms with E-state index in [0.717, 1.165) is 11.1 Å². The van der Waals surface area contributed by atoms with Crippen molar-refractivity contribution in [3.8, 4) is 0 Å². The molecule has 0 saturated carbocycles. The number of benzene rings is 1. The van der Waals surface area contributed by atoms with Crippen molar-refractivity contribution in [1.82, 2.24) is 4.98 Å². The van der Waals surface area contributed by atoms with Crippen molar-refractivity contribution in [2.24, 2.45) is 5.73 Å². The maximum atomic E-state index is 10.6. The number of hydrogen-bond donors (Lipinski definition) is 2. The van der Waals surface area contributed by atoms with E-state index < -0.39 is 0 Å². The molecule has 3 nitrogen and oxygen atoms in total. The third-order valence-corrected chi connectivity index (χ3v) is 2.32. The molecule has 4 heteroatoms. The third kappa shape index (κ3) is 2.84. The Bertz CT molecular complexity index is 464. The van der Waals surface area contributed by atoms with E-state index in [0.29, 0.717) is 12.8 Å². The van der Waals surface area contributed by atoms with Gasteiger partial charge in [0.15, 0.2) is 0 Å². The molecule has 0 saturated heterocycles. The molecule has 2 aromatic rings. The van der Waals surface area contributed by atoms with Gasteiger partial charge in [0.2, 0.25) is 5.91 Å². The van der Waals surface area contributed by atoms with E-state index in [1.165, 1.54) is 5.39 Å². The summed E-state index contributed by atoms with van der Waals surface area (Å²) in [4.78, 5) is 13.8. The van der Waals surface area contributed by atoms with Crippen LogP contribution < -0.4 is 5.73 Å². The molecular formula is C11H13N2NaO. The Balaban J connectivity index is 0.00000112. The van der Waals surface area contributed by atoms with Crippen LogP contribution in [0.4, 0.5) is 0 Å². The molecule has 0 unspecified atom stereocenters. The van der Waals surface area contributed by atoms with Crippen molar-refractivity contribution >= 4 is 46.4 Å². The number of H-pyrrole nitrogens is 1. The van der Waals surface area contributed by atoms with Crippen molar-refractivity contribution < 1.29 is 4.79 Å². The number of primary amides is 1. The van der Waals surface area contributed by atoms with Crippen LogP contribution in [0.3, 0.4) is 0 Å². The minimum atomic E-state index is -0.254. The number of fused-ring (bicyclic) bond motifs is 1. The summed E-state index contributed by atoms with van der Waals surface area (Å²) in [5.74, 6) is -0.254. The van der Waals surface area contributed by atoms with Gasteiger partial charge in [-0.1, -0.05) is 18.2 Å². The number of carbonyl (C=O) groups is 1. The predicted octanol–water partition coefficient (Wildman–Crippen LogP) is 0.937. The van der Waals surface area contributed by atoms with Gasteiger partial charge in [-0.15, -0.1) is 0 Å². The molecule has 15 heavy (non-hydrogen) atoms. The second-order valence-electron chi connectivity index (χ2n) is 3.33. The van der Waals surface area contributed by atoms with Crippen molar-refractivity contribution in [2.75, 3.05) is 0 Å². The Morgan fingerprint density at radius 3 is 2.80 bits per heavy atom. The summed E-state index contributed by atoms with van der Waals surface area (Å²) in [6, 6.07) is 8.03. The first-order valence-electron chi connectivity index (χ1n) is 4.60. The summed E-state index contributed by atoms with van der Waals surface area (Å²) in [5, 5.41) is 1.17. The third-order valence-electron chi connectivity index (χ3n) is 2.32. The molecule has 3 N–H and O–H groups in total.